The van der Waals surface area contributed by atoms with Gasteiger partial charge < -0.3 is 14.4 Å². The van der Waals surface area contributed by atoms with E-state index >= 15 is 0 Å². The molecule has 0 saturated carbocycles. The van der Waals surface area contributed by atoms with E-state index in [1.54, 1.807) is 13.3 Å². The Morgan fingerprint density at radius 2 is 2.06 bits per heavy atom. The standard InChI is InChI=1S/C24H33N5O3/c1-4-6-19(5-2)29-22(16-31-3)21(13-25-29)24-26-23(27-32-24)18-9-7-17(8-10-18)14-28-12-11-20(30)15-28/h7-10,13,19-20,30H,4-6,11-12,14-16H2,1-3H3. The molecule has 3 heterocycles. The number of nitrogens with zero attached hydrogens (tertiary/aromatic N) is 5. The lowest BCUT2D eigenvalue weighted by Gasteiger charge is -2.18. The van der Waals surface area contributed by atoms with Gasteiger partial charge in [0, 0.05) is 32.3 Å². The number of ether oxygens (including phenoxy) is 1. The zero-order chi connectivity index (χ0) is 22.5. The van der Waals surface area contributed by atoms with Crippen molar-refractivity contribution in [1.29, 1.82) is 0 Å². The van der Waals surface area contributed by atoms with E-state index < -0.39 is 0 Å². The maximum atomic E-state index is 9.71. The molecule has 0 radical (unpaired) electrons. The van der Waals surface area contributed by atoms with Gasteiger partial charge in [-0.2, -0.15) is 10.1 Å². The first-order chi connectivity index (χ1) is 15.6. The Labute approximate surface area is 189 Å². The van der Waals surface area contributed by atoms with Crippen LogP contribution in [-0.4, -0.2) is 56.2 Å². The summed E-state index contributed by atoms with van der Waals surface area (Å²) in [4.78, 5) is 6.92. The minimum absolute atomic E-state index is 0.200. The third-order valence-corrected chi connectivity index (χ3v) is 6.14. The van der Waals surface area contributed by atoms with Gasteiger partial charge in [-0.3, -0.25) is 9.58 Å². The number of benzene rings is 1. The molecule has 8 heteroatoms. The van der Waals surface area contributed by atoms with Crippen LogP contribution < -0.4 is 0 Å². The van der Waals surface area contributed by atoms with Gasteiger partial charge in [-0.15, -0.1) is 0 Å². The Bertz CT molecular complexity index is 997. The molecule has 2 aromatic heterocycles. The molecule has 172 valence electrons. The molecule has 32 heavy (non-hydrogen) atoms. The van der Waals surface area contributed by atoms with Crippen molar-refractivity contribution in [3.63, 3.8) is 0 Å². The van der Waals surface area contributed by atoms with Crippen LogP contribution in [0.15, 0.2) is 35.0 Å². The highest BCUT2D eigenvalue weighted by Crippen LogP contribution is 2.29. The van der Waals surface area contributed by atoms with Crippen molar-refractivity contribution in [3.8, 4) is 22.8 Å². The number of methoxy groups -OCH3 is 1. The first-order valence-corrected chi connectivity index (χ1v) is 11.5. The van der Waals surface area contributed by atoms with E-state index in [1.165, 1.54) is 5.56 Å². The number of aromatic nitrogens is 4. The second kappa shape index (κ2) is 10.4. The van der Waals surface area contributed by atoms with E-state index in [-0.39, 0.29) is 6.10 Å². The first-order valence-electron chi connectivity index (χ1n) is 11.5. The van der Waals surface area contributed by atoms with Crippen molar-refractivity contribution in [2.75, 3.05) is 20.2 Å². The van der Waals surface area contributed by atoms with Crippen LogP contribution in [0.4, 0.5) is 0 Å². The Balaban J connectivity index is 1.53. The van der Waals surface area contributed by atoms with Gasteiger partial charge in [0.25, 0.3) is 5.89 Å². The predicted octanol–water partition coefficient (Wildman–Crippen LogP) is 4.06. The third-order valence-electron chi connectivity index (χ3n) is 6.14. The van der Waals surface area contributed by atoms with Crippen LogP contribution in [0.2, 0.25) is 0 Å². The average molecular weight is 440 g/mol. The highest BCUT2D eigenvalue weighted by atomic mass is 16.5. The van der Waals surface area contributed by atoms with Gasteiger partial charge in [-0.25, -0.2) is 0 Å². The zero-order valence-electron chi connectivity index (χ0n) is 19.2. The van der Waals surface area contributed by atoms with Crippen LogP contribution in [-0.2, 0) is 17.9 Å². The molecule has 1 fully saturated rings. The summed E-state index contributed by atoms with van der Waals surface area (Å²) in [5, 5.41) is 18.6. The number of rotatable bonds is 10. The molecule has 0 bridgehead atoms. The lowest BCUT2D eigenvalue weighted by Crippen LogP contribution is -2.21. The van der Waals surface area contributed by atoms with Gasteiger partial charge in [0.05, 0.1) is 36.2 Å². The summed E-state index contributed by atoms with van der Waals surface area (Å²) in [5.41, 5.74) is 3.90. The number of likely N-dealkylation sites (tertiary alicyclic amines) is 1. The fourth-order valence-corrected chi connectivity index (χ4v) is 4.42. The predicted molar refractivity (Wildman–Crippen MR) is 122 cm³/mol. The molecule has 1 aliphatic rings. The van der Waals surface area contributed by atoms with Gasteiger partial charge in [0.1, 0.15) is 0 Å². The molecule has 2 unspecified atom stereocenters. The SMILES string of the molecule is CCCC(CC)n1ncc(-c2nc(-c3ccc(CN4CCC(O)C4)cc3)no2)c1COC. The van der Waals surface area contributed by atoms with Crippen LogP contribution in [0.25, 0.3) is 22.8 Å². The largest absolute Gasteiger partial charge is 0.392 e. The van der Waals surface area contributed by atoms with Crippen molar-refractivity contribution >= 4 is 0 Å². The summed E-state index contributed by atoms with van der Waals surface area (Å²) in [6.07, 6.45) is 5.61. The maximum absolute atomic E-state index is 9.71. The van der Waals surface area contributed by atoms with Gasteiger partial charge in [0.15, 0.2) is 0 Å². The van der Waals surface area contributed by atoms with Gasteiger partial charge in [-0.1, -0.05) is 49.7 Å². The molecule has 1 aliphatic heterocycles. The van der Waals surface area contributed by atoms with Crippen molar-refractivity contribution in [1.82, 2.24) is 24.8 Å². The third kappa shape index (κ3) is 4.92. The first kappa shape index (κ1) is 22.6. The van der Waals surface area contributed by atoms with E-state index in [9.17, 15) is 5.11 Å². The molecule has 0 amide bonds. The zero-order valence-corrected chi connectivity index (χ0v) is 19.2. The quantitative estimate of drug-likeness (QED) is 0.509. The molecule has 0 aliphatic carbocycles. The lowest BCUT2D eigenvalue weighted by molar-refractivity contribution is 0.173. The molecule has 4 rings (SSSR count). The highest BCUT2D eigenvalue weighted by molar-refractivity contribution is 5.61. The average Bonchev–Trinajstić information content (AvgIpc) is 3.53. The van der Waals surface area contributed by atoms with Gasteiger partial charge in [0.2, 0.25) is 5.82 Å². The van der Waals surface area contributed by atoms with Crippen LogP contribution in [0.5, 0.6) is 0 Å². The molecule has 3 aromatic rings. The number of aliphatic hydroxyl groups is 1. The molecule has 0 spiro atoms. The Kier molecular flexibility index (Phi) is 7.34. The van der Waals surface area contributed by atoms with Crippen LogP contribution in [0.1, 0.15) is 56.8 Å². The molecule has 1 saturated heterocycles. The molecular weight excluding hydrogens is 406 g/mol. The number of aliphatic hydroxyl groups excluding tert-OH is 1. The van der Waals surface area contributed by atoms with E-state index in [2.05, 4.69) is 50.8 Å². The van der Waals surface area contributed by atoms with Crippen LogP contribution >= 0.6 is 0 Å². The summed E-state index contributed by atoms with van der Waals surface area (Å²) in [6.45, 7) is 7.32. The van der Waals surface area contributed by atoms with Crippen molar-refractivity contribution in [2.24, 2.45) is 0 Å². The summed E-state index contributed by atoms with van der Waals surface area (Å²) in [6, 6.07) is 8.53. The molecule has 1 aromatic carbocycles. The van der Waals surface area contributed by atoms with E-state index in [0.29, 0.717) is 24.4 Å². The second-order valence-corrected chi connectivity index (χ2v) is 8.53. The normalized spacial score (nSPS) is 17.8. The molecule has 2 atom stereocenters. The highest BCUT2D eigenvalue weighted by Gasteiger charge is 2.23. The molecular formula is C24H33N5O3. The molecule has 8 nitrogen and oxygen atoms in total. The van der Waals surface area contributed by atoms with Crippen LogP contribution in [0, 0.1) is 0 Å². The minimum Gasteiger partial charge on any atom is -0.392 e. The number of β-amino-alcohol motifs (C(OH)–C–C–N with tert-alkyl or cyclic N) is 1. The Hall–Kier alpha value is -2.55. The summed E-state index contributed by atoms with van der Waals surface area (Å²) in [5.74, 6) is 1.01. The number of hydrogen-bond donors (Lipinski definition) is 1. The second-order valence-electron chi connectivity index (χ2n) is 8.53. The molecule has 1 N–H and O–H groups in total. The topological polar surface area (TPSA) is 89.4 Å². The van der Waals surface area contributed by atoms with Crippen molar-refractivity contribution in [2.45, 2.75) is 64.8 Å². The lowest BCUT2D eigenvalue weighted by atomic mass is 10.1. The summed E-state index contributed by atoms with van der Waals surface area (Å²) >= 11 is 0. The minimum atomic E-state index is -0.200. The Morgan fingerprint density at radius 3 is 2.72 bits per heavy atom. The van der Waals surface area contributed by atoms with E-state index in [1.807, 2.05) is 12.1 Å². The number of hydrogen-bond acceptors (Lipinski definition) is 7. The fraction of sp³-hybridized carbons (Fsp3) is 0.542. The Morgan fingerprint density at radius 1 is 1.25 bits per heavy atom. The van der Waals surface area contributed by atoms with Crippen molar-refractivity contribution in [3.05, 3.63) is 41.7 Å². The van der Waals surface area contributed by atoms with Crippen LogP contribution in [0.3, 0.4) is 0 Å². The summed E-state index contributed by atoms with van der Waals surface area (Å²) < 4.78 is 13.1. The van der Waals surface area contributed by atoms with Crippen molar-refractivity contribution < 1.29 is 14.4 Å². The van der Waals surface area contributed by atoms with Gasteiger partial charge >= 0.3 is 0 Å². The van der Waals surface area contributed by atoms with Gasteiger partial charge in [-0.05, 0) is 24.8 Å². The maximum Gasteiger partial charge on any atom is 0.261 e. The summed E-state index contributed by atoms with van der Waals surface area (Å²) in [7, 11) is 1.69. The van der Waals surface area contributed by atoms with E-state index in [0.717, 1.165) is 62.1 Å². The monoisotopic (exact) mass is 439 g/mol. The van der Waals surface area contributed by atoms with E-state index in [4.69, 9.17) is 9.26 Å². The fourth-order valence-electron chi connectivity index (χ4n) is 4.42. The smallest absolute Gasteiger partial charge is 0.261 e.